The number of hydrogen-bond acceptors (Lipinski definition) is 2. The zero-order chi connectivity index (χ0) is 8.39. The molecule has 1 N–H and O–H groups in total. The number of aromatic nitrogens is 3. The minimum Gasteiger partial charge on any atom is -0.344 e. The van der Waals surface area contributed by atoms with Gasteiger partial charge >= 0.3 is 0 Å². The van der Waals surface area contributed by atoms with Gasteiger partial charge in [-0.2, -0.15) is 4.39 Å². The summed E-state index contributed by atoms with van der Waals surface area (Å²) >= 11 is 0. The fourth-order valence-corrected chi connectivity index (χ4v) is 0.894. The summed E-state index contributed by atoms with van der Waals surface area (Å²) in [6.45, 7) is 0. The van der Waals surface area contributed by atoms with Gasteiger partial charge in [0.1, 0.15) is 12.0 Å². The first-order valence-corrected chi connectivity index (χ1v) is 3.39. The van der Waals surface area contributed by atoms with Crippen LogP contribution in [-0.2, 0) is 0 Å². The lowest BCUT2D eigenvalue weighted by atomic mass is 10.3. The van der Waals surface area contributed by atoms with Crippen LogP contribution < -0.4 is 0 Å². The van der Waals surface area contributed by atoms with Crippen molar-refractivity contribution in [3.63, 3.8) is 0 Å². The van der Waals surface area contributed by atoms with E-state index in [-0.39, 0.29) is 0 Å². The van der Waals surface area contributed by atoms with E-state index in [1.807, 2.05) is 0 Å². The lowest BCUT2D eigenvalue weighted by molar-refractivity contribution is 0.584. The lowest BCUT2D eigenvalue weighted by Crippen LogP contribution is -1.84. The van der Waals surface area contributed by atoms with Crippen LogP contribution in [0, 0.1) is 12.1 Å². The summed E-state index contributed by atoms with van der Waals surface area (Å²) in [5.41, 5.74) is 0.748. The minimum atomic E-state index is -0.491. The van der Waals surface area contributed by atoms with Crippen LogP contribution in [0.2, 0.25) is 0 Å². The summed E-state index contributed by atoms with van der Waals surface area (Å²) < 4.78 is 12.4. The van der Waals surface area contributed by atoms with Crippen molar-refractivity contribution in [1.29, 1.82) is 0 Å². The number of nitrogens with zero attached hydrogens (tertiary/aromatic N) is 2. The maximum absolute atomic E-state index is 12.4. The molecule has 0 unspecified atom stereocenters. The summed E-state index contributed by atoms with van der Waals surface area (Å²) in [5, 5.41) is 0. The van der Waals surface area contributed by atoms with Crippen LogP contribution in [0.4, 0.5) is 4.39 Å². The van der Waals surface area contributed by atoms with E-state index in [9.17, 15) is 4.39 Å². The smallest absolute Gasteiger partial charge is 0.212 e. The van der Waals surface area contributed by atoms with Crippen molar-refractivity contribution in [2.24, 2.45) is 0 Å². The third-order valence-corrected chi connectivity index (χ3v) is 1.45. The topological polar surface area (TPSA) is 41.6 Å². The molecule has 2 rings (SSSR count). The average Bonchev–Trinajstić information content (AvgIpc) is 2.58. The third-order valence-electron chi connectivity index (χ3n) is 1.45. The molecule has 3 nitrogen and oxygen atoms in total. The van der Waals surface area contributed by atoms with Crippen LogP contribution >= 0.6 is 0 Å². The Bertz CT molecular complexity index is 352. The first kappa shape index (κ1) is 6.97. The molecule has 4 heteroatoms. The molecule has 12 heavy (non-hydrogen) atoms. The second kappa shape index (κ2) is 2.73. The van der Waals surface area contributed by atoms with E-state index in [2.05, 4.69) is 21.1 Å². The molecule has 2 aromatic rings. The Hall–Kier alpha value is -1.71. The quantitative estimate of drug-likeness (QED) is 0.644. The van der Waals surface area contributed by atoms with E-state index in [0.29, 0.717) is 5.82 Å². The van der Waals surface area contributed by atoms with Gasteiger partial charge in [-0.1, -0.05) is 0 Å². The van der Waals surface area contributed by atoms with Crippen molar-refractivity contribution < 1.29 is 4.39 Å². The average molecular weight is 162 g/mol. The van der Waals surface area contributed by atoms with Crippen molar-refractivity contribution in [2.45, 2.75) is 0 Å². The highest BCUT2D eigenvalue weighted by molar-refractivity contribution is 5.52. The zero-order valence-corrected chi connectivity index (χ0v) is 6.08. The molecular formula is C8H5FN3. The van der Waals surface area contributed by atoms with Crippen molar-refractivity contribution in [3.05, 3.63) is 36.7 Å². The SMILES string of the molecule is Fc1ccc(-c2n[c]c[nH]2)cn1. The van der Waals surface area contributed by atoms with Crippen LogP contribution in [0.5, 0.6) is 0 Å². The van der Waals surface area contributed by atoms with Crippen molar-refractivity contribution in [1.82, 2.24) is 15.0 Å². The van der Waals surface area contributed by atoms with E-state index in [1.54, 1.807) is 12.3 Å². The Kier molecular flexibility index (Phi) is 1.59. The second-order valence-electron chi connectivity index (χ2n) is 2.25. The number of imidazole rings is 1. The van der Waals surface area contributed by atoms with Gasteiger partial charge in [0, 0.05) is 18.0 Å². The first-order chi connectivity index (χ1) is 5.86. The number of hydrogen-bond donors (Lipinski definition) is 1. The molecule has 59 valence electrons. The van der Waals surface area contributed by atoms with Crippen LogP contribution in [0.15, 0.2) is 24.5 Å². The molecule has 0 fully saturated rings. The summed E-state index contributed by atoms with van der Waals surface area (Å²) in [5.74, 6) is 0.150. The molecule has 0 saturated carbocycles. The molecule has 0 aromatic carbocycles. The van der Waals surface area contributed by atoms with Crippen LogP contribution in [0.1, 0.15) is 0 Å². The summed E-state index contributed by atoms with van der Waals surface area (Å²) in [7, 11) is 0. The zero-order valence-electron chi connectivity index (χ0n) is 6.08. The third kappa shape index (κ3) is 1.18. The van der Waals surface area contributed by atoms with Gasteiger partial charge in [0.2, 0.25) is 5.95 Å². The van der Waals surface area contributed by atoms with E-state index in [0.717, 1.165) is 5.56 Å². The number of rotatable bonds is 1. The van der Waals surface area contributed by atoms with Crippen LogP contribution in [0.25, 0.3) is 11.4 Å². The maximum Gasteiger partial charge on any atom is 0.212 e. The molecular weight excluding hydrogens is 157 g/mol. The van der Waals surface area contributed by atoms with Gasteiger partial charge in [0.25, 0.3) is 0 Å². The summed E-state index contributed by atoms with van der Waals surface area (Å²) in [6.07, 6.45) is 5.62. The highest BCUT2D eigenvalue weighted by Gasteiger charge is 1.99. The monoisotopic (exact) mass is 162 g/mol. The standard InChI is InChI=1S/C8H5FN3/c9-7-2-1-6(5-12-7)8-10-3-4-11-8/h1-3,5H,(H,10,11). The van der Waals surface area contributed by atoms with Gasteiger partial charge in [-0.05, 0) is 12.1 Å². The minimum absolute atomic E-state index is 0.491. The Balaban J connectivity index is 2.43. The first-order valence-electron chi connectivity index (χ1n) is 3.39. The largest absolute Gasteiger partial charge is 0.344 e. The molecule has 0 spiro atoms. The Labute approximate surface area is 68.3 Å². The van der Waals surface area contributed by atoms with Crippen molar-refractivity contribution >= 4 is 0 Å². The van der Waals surface area contributed by atoms with Crippen LogP contribution in [0.3, 0.4) is 0 Å². The Morgan fingerprint density at radius 2 is 2.33 bits per heavy atom. The molecule has 0 bridgehead atoms. The number of pyridine rings is 1. The summed E-state index contributed by atoms with van der Waals surface area (Å²) in [6, 6.07) is 2.90. The molecule has 0 amide bonds. The van der Waals surface area contributed by atoms with E-state index >= 15 is 0 Å². The molecule has 0 saturated heterocycles. The van der Waals surface area contributed by atoms with E-state index < -0.39 is 5.95 Å². The van der Waals surface area contributed by atoms with Crippen molar-refractivity contribution in [3.8, 4) is 11.4 Å². The summed E-state index contributed by atoms with van der Waals surface area (Å²) in [4.78, 5) is 10.2. The molecule has 0 aliphatic heterocycles. The van der Waals surface area contributed by atoms with Gasteiger partial charge < -0.3 is 4.98 Å². The molecule has 0 aliphatic carbocycles. The normalized spacial score (nSPS) is 10.1. The molecule has 0 aliphatic rings. The molecule has 0 atom stereocenters. The number of halogens is 1. The molecule has 2 heterocycles. The fraction of sp³-hybridized carbons (Fsp3) is 0. The van der Waals surface area contributed by atoms with Gasteiger partial charge in [-0.25, -0.2) is 9.97 Å². The fourth-order valence-electron chi connectivity index (χ4n) is 0.894. The van der Waals surface area contributed by atoms with Crippen LogP contribution in [-0.4, -0.2) is 15.0 Å². The molecule has 2 aromatic heterocycles. The predicted molar refractivity (Wildman–Crippen MR) is 40.6 cm³/mol. The number of nitrogens with one attached hydrogen (secondary N) is 1. The predicted octanol–water partition coefficient (Wildman–Crippen LogP) is 1.41. The Morgan fingerprint density at radius 1 is 1.42 bits per heavy atom. The van der Waals surface area contributed by atoms with E-state index in [1.165, 1.54) is 12.3 Å². The van der Waals surface area contributed by atoms with Gasteiger partial charge in [-0.3, -0.25) is 0 Å². The maximum atomic E-state index is 12.4. The number of H-pyrrole nitrogens is 1. The Morgan fingerprint density at radius 3 is 2.92 bits per heavy atom. The van der Waals surface area contributed by atoms with Gasteiger partial charge in [0.15, 0.2) is 0 Å². The van der Waals surface area contributed by atoms with Gasteiger partial charge in [0.05, 0.1) is 0 Å². The van der Waals surface area contributed by atoms with Crippen molar-refractivity contribution in [2.75, 3.05) is 0 Å². The lowest BCUT2D eigenvalue weighted by Gasteiger charge is -1.93. The highest BCUT2D eigenvalue weighted by Crippen LogP contribution is 2.11. The molecule has 1 radical (unpaired) electrons. The number of aromatic amines is 1. The van der Waals surface area contributed by atoms with E-state index in [4.69, 9.17) is 0 Å². The second-order valence-corrected chi connectivity index (χ2v) is 2.25. The van der Waals surface area contributed by atoms with Gasteiger partial charge in [-0.15, -0.1) is 0 Å². The highest BCUT2D eigenvalue weighted by atomic mass is 19.1.